The van der Waals surface area contributed by atoms with Crippen LogP contribution in [-0.4, -0.2) is 22.6 Å². The van der Waals surface area contributed by atoms with Crippen LogP contribution >= 0.6 is 11.6 Å². The second-order valence-corrected chi connectivity index (χ2v) is 3.83. The van der Waals surface area contributed by atoms with Gasteiger partial charge < -0.3 is 4.74 Å². The number of pyridine rings is 2. The van der Waals surface area contributed by atoms with Gasteiger partial charge in [-0.25, -0.2) is 9.78 Å². The van der Waals surface area contributed by atoms with Crippen LogP contribution < -0.4 is 5.56 Å². The highest BCUT2D eigenvalue weighted by Crippen LogP contribution is 2.15. The monoisotopic (exact) mass is 264 g/mol. The lowest BCUT2D eigenvalue weighted by Gasteiger charge is -2.07. The summed E-state index contributed by atoms with van der Waals surface area (Å²) in [5, 5.41) is 0.0547. The number of esters is 1. The van der Waals surface area contributed by atoms with Gasteiger partial charge in [-0.1, -0.05) is 17.7 Å². The molecule has 5 nitrogen and oxygen atoms in total. The van der Waals surface area contributed by atoms with Gasteiger partial charge in [0.2, 0.25) is 0 Å². The highest BCUT2D eigenvalue weighted by molar-refractivity contribution is 6.33. The van der Waals surface area contributed by atoms with Gasteiger partial charge in [-0.05, 0) is 12.1 Å². The minimum atomic E-state index is -0.607. The number of ether oxygens (including phenoxy) is 1. The molecule has 0 aromatic carbocycles. The maximum Gasteiger partial charge on any atom is 0.340 e. The highest BCUT2D eigenvalue weighted by Gasteiger charge is 2.14. The molecule has 0 amide bonds. The lowest BCUT2D eigenvalue weighted by Crippen LogP contribution is -2.20. The fourth-order valence-corrected chi connectivity index (χ4v) is 1.66. The number of hydrogen-bond donors (Lipinski definition) is 0. The van der Waals surface area contributed by atoms with Gasteiger partial charge in [0.25, 0.3) is 5.56 Å². The molecule has 0 N–H and O–H groups in total. The van der Waals surface area contributed by atoms with Gasteiger partial charge in [-0.2, -0.15) is 0 Å². The van der Waals surface area contributed by atoms with Gasteiger partial charge in [0.15, 0.2) is 0 Å². The predicted octanol–water partition coefficient (Wildman–Crippen LogP) is 1.67. The molecule has 18 heavy (non-hydrogen) atoms. The number of halogens is 1. The second kappa shape index (κ2) is 5.01. The Balaban J connectivity index is 2.63. The Labute approximate surface area is 108 Å². The molecule has 92 valence electrons. The van der Waals surface area contributed by atoms with Crippen LogP contribution in [0.2, 0.25) is 5.02 Å². The first-order valence-corrected chi connectivity index (χ1v) is 5.43. The van der Waals surface area contributed by atoms with Crippen LogP contribution in [0.15, 0.2) is 41.5 Å². The number of rotatable bonds is 2. The van der Waals surface area contributed by atoms with Crippen molar-refractivity contribution in [1.82, 2.24) is 9.55 Å². The van der Waals surface area contributed by atoms with Crippen LogP contribution in [0.4, 0.5) is 0 Å². The second-order valence-electron chi connectivity index (χ2n) is 3.42. The minimum absolute atomic E-state index is 0.0547. The molecule has 0 radical (unpaired) electrons. The van der Waals surface area contributed by atoms with E-state index in [0.29, 0.717) is 5.82 Å². The van der Waals surface area contributed by atoms with Crippen LogP contribution in [0, 0.1) is 0 Å². The molecule has 0 atom stereocenters. The van der Waals surface area contributed by atoms with E-state index in [9.17, 15) is 9.59 Å². The van der Waals surface area contributed by atoms with E-state index in [1.54, 1.807) is 24.4 Å². The third kappa shape index (κ3) is 2.26. The Morgan fingerprint density at radius 2 is 2.22 bits per heavy atom. The van der Waals surface area contributed by atoms with Crippen molar-refractivity contribution in [2.45, 2.75) is 0 Å². The van der Waals surface area contributed by atoms with Crippen LogP contribution in [0.3, 0.4) is 0 Å². The highest BCUT2D eigenvalue weighted by atomic mass is 35.5. The van der Waals surface area contributed by atoms with Crippen molar-refractivity contribution in [3.63, 3.8) is 0 Å². The summed E-state index contributed by atoms with van der Waals surface area (Å²) in [4.78, 5) is 27.3. The summed E-state index contributed by atoms with van der Waals surface area (Å²) in [7, 11) is 1.24. The van der Waals surface area contributed by atoms with Crippen molar-refractivity contribution in [2.75, 3.05) is 7.11 Å². The molecule has 0 aliphatic rings. The Morgan fingerprint density at radius 3 is 2.83 bits per heavy atom. The van der Waals surface area contributed by atoms with Crippen molar-refractivity contribution in [2.24, 2.45) is 0 Å². The van der Waals surface area contributed by atoms with E-state index in [1.165, 1.54) is 17.9 Å². The first kappa shape index (κ1) is 12.3. The molecule has 0 spiro atoms. The van der Waals surface area contributed by atoms with E-state index in [0.717, 1.165) is 6.07 Å². The van der Waals surface area contributed by atoms with Crippen molar-refractivity contribution >= 4 is 17.6 Å². The number of methoxy groups -OCH3 is 1. The average molecular weight is 265 g/mol. The van der Waals surface area contributed by atoms with Crippen LogP contribution in [0.1, 0.15) is 10.4 Å². The summed E-state index contributed by atoms with van der Waals surface area (Å²) in [6.45, 7) is 0. The summed E-state index contributed by atoms with van der Waals surface area (Å²) in [5.41, 5.74) is -0.254. The van der Waals surface area contributed by atoms with Crippen molar-refractivity contribution in [3.05, 3.63) is 57.6 Å². The first-order chi connectivity index (χ1) is 8.63. The van der Waals surface area contributed by atoms with Crippen LogP contribution in [0.5, 0.6) is 0 Å². The topological polar surface area (TPSA) is 61.2 Å². The van der Waals surface area contributed by atoms with E-state index < -0.39 is 5.97 Å². The number of carbonyl (C=O) groups is 1. The smallest absolute Gasteiger partial charge is 0.340 e. The normalized spacial score (nSPS) is 10.1. The van der Waals surface area contributed by atoms with Gasteiger partial charge in [0.05, 0.1) is 17.7 Å². The maximum atomic E-state index is 11.8. The van der Waals surface area contributed by atoms with Crippen LogP contribution in [0.25, 0.3) is 5.82 Å². The molecule has 0 bridgehead atoms. The van der Waals surface area contributed by atoms with Crippen molar-refractivity contribution in [1.29, 1.82) is 0 Å². The molecule has 2 heterocycles. The largest absolute Gasteiger partial charge is 0.465 e. The van der Waals surface area contributed by atoms with Crippen molar-refractivity contribution in [3.8, 4) is 5.82 Å². The van der Waals surface area contributed by atoms with Gasteiger partial charge in [0, 0.05) is 18.5 Å². The number of aromatic nitrogens is 2. The summed E-state index contributed by atoms with van der Waals surface area (Å²) in [6, 6.07) is 6.27. The number of carbonyl (C=O) groups excluding carboxylic acids is 1. The molecule has 0 saturated carbocycles. The standard InChI is InChI=1S/C12H9ClN2O3/c1-18-12(17)8-7-15(11(16)6-9(8)13)10-4-2-3-5-14-10/h2-7H,1H3. The zero-order valence-corrected chi connectivity index (χ0v) is 10.2. The molecular weight excluding hydrogens is 256 g/mol. The zero-order chi connectivity index (χ0) is 13.1. The Morgan fingerprint density at radius 1 is 1.44 bits per heavy atom. The molecule has 0 fully saturated rings. The quantitative estimate of drug-likeness (QED) is 0.774. The third-order valence-corrected chi connectivity index (χ3v) is 2.62. The van der Waals surface area contributed by atoms with E-state index in [4.69, 9.17) is 11.6 Å². The molecule has 2 rings (SSSR count). The fraction of sp³-hybridized carbons (Fsp3) is 0.0833. The fourth-order valence-electron chi connectivity index (χ4n) is 1.45. The van der Waals surface area contributed by atoms with E-state index in [-0.39, 0.29) is 16.1 Å². The summed E-state index contributed by atoms with van der Waals surface area (Å²) >= 11 is 5.83. The Hall–Kier alpha value is -2.14. The molecule has 2 aromatic heterocycles. The molecule has 2 aromatic rings. The van der Waals surface area contributed by atoms with Crippen LogP contribution in [-0.2, 0) is 4.74 Å². The molecule has 0 aliphatic carbocycles. The molecule has 0 unspecified atom stereocenters. The van der Waals surface area contributed by atoms with Gasteiger partial charge in [0.1, 0.15) is 5.82 Å². The SMILES string of the molecule is COC(=O)c1cn(-c2ccccn2)c(=O)cc1Cl. The molecule has 6 heteroatoms. The molecular formula is C12H9ClN2O3. The molecule has 0 aliphatic heterocycles. The average Bonchev–Trinajstić information content (AvgIpc) is 2.39. The number of hydrogen-bond acceptors (Lipinski definition) is 4. The van der Waals surface area contributed by atoms with Gasteiger partial charge in [-0.3, -0.25) is 9.36 Å². The van der Waals surface area contributed by atoms with Crippen molar-refractivity contribution < 1.29 is 9.53 Å². The summed E-state index contributed by atoms with van der Waals surface area (Å²) in [5.74, 6) is -0.200. The zero-order valence-electron chi connectivity index (χ0n) is 9.46. The van der Waals surface area contributed by atoms with E-state index >= 15 is 0 Å². The van der Waals surface area contributed by atoms with Gasteiger partial charge >= 0.3 is 5.97 Å². The van der Waals surface area contributed by atoms with E-state index in [1.807, 2.05) is 0 Å². The minimum Gasteiger partial charge on any atom is -0.465 e. The number of nitrogens with zero attached hydrogens (tertiary/aromatic N) is 2. The Bertz CT molecular complexity index is 638. The maximum absolute atomic E-state index is 11.8. The lowest BCUT2D eigenvalue weighted by molar-refractivity contribution is 0.0600. The Kier molecular flexibility index (Phi) is 3.43. The first-order valence-electron chi connectivity index (χ1n) is 5.05. The van der Waals surface area contributed by atoms with Gasteiger partial charge in [-0.15, -0.1) is 0 Å². The predicted molar refractivity (Wildman–Crippen MR) is 66.2 cm³/mol. The summed E-state index contributed by atoms with van der Waals surface area (Å²) in [6.07, 6.45) is 2.87. The molecule has 0 saturated heterocycles. The third-order valence-electron chi connectivity index (χ3n) is 2.30. The summed E-state index contributed by atoms with van der Waals surface area (Å²) < 4.78 is 5.82. The lowest BCUT2D eigenvalue weighted by atomic mass is 10.3. The van der Waals surface area contributed by atoms with E-state index in [2.05, 4.69) is 9.72 Å².